The molecule has 148 valence electrons. The maximum atomic E-state index is 14.1. The molecule has 0 amide bonds. The van der Waals surface area contributed by atoms with Crippen LogP contribution in [-0.2, 0) is 11.4 Å². The van der Waals surface area contributed by atoms with Crippen LogP contribution in [0.3, 0.4) is 0 Å². The van der Waals surface area contributed by atoms with Gasteiger partial charge in [-0.05, 0) is 12.1 Å². The van der Waals surface area contributed by atoms with Gasteiger partial charge in [0.05, 0.1) is 30.4 Å². The van der Waals surface area contributed by atoms with Gasteiger partial charge in [-0.15, -0.1) is 0 Å². The van der Waals surface area contributed by atoms with E-state index in [0.717, 1.165) is 6.07 Å². The van der Waals surface area contributed by atoms with Crippen LogP contribution >= 0.6 is 11.6 Å². The molecule has 3 aromatic rings. The van der Waals surface area contributed by atoms with Crippen molar-refractivity contribution >= 4 is 39.6 Å². The maximum absolute atomic E-state index is 14.1. The van der Waals surface area contributed by atoms with Gasteiger partial charge in [-0.1, -0.05) is 11.6 Å². The molecule has 0 radical (unpaired) electrons. The average Bonchev–Trinajstić information content (AvgIpc) is 2.66. The molecule has 0 aliphatic carbocycles. The molecule has 0 aromatic carbocycles. The number of rotatable bonds is 7. The van der Waals surface area contributed by atoms with Gasteiger partial charge in [0.1, 0.15) is 22.2 Å². The largest absolute Gasteiger partial charge is 0.588 e. The molecular formula is C16H12ClF3N4O3S. The van der Waals surface area contributed by atoms with Gasteiger partial charge in [0.25, 0.3) is 12.3 Å². The predicted octanol–water partition coefficient (Wildman–Crippen LogP) is 3.60. The van der Waals surface area contributed by atoms with Gasteiger partial charge >= 0.3 is 0 Å². The van der Waals surface area contributed by atoms with Crippen LogP contribution in [0.2, 0.25) is 5.15 Å². The third-order valence-electron chi connectivity index (χ3n) is 3.40. The number of hydrogen-bond donors (Lipinski definition) is 1. The van der Waals surface area contributed by atoms with Crippen molar-refractivity contribution in [2.24, 2.45) is 0 Å². The van der Waals surface area contributed by atoms with Crippen molar-refractivity contribution in [2.75, 3.05) is 18.4 Å². The zero-order valence-corrected chi connectivity index (χ0v) is 15.7. The van der Waals surface area contributed by atoms with Crippen LogP contribution in [0.15, 0.2) is 35.5 Å². The Labute approximate surface area is 165 Å². The Bertz CT molecular complexity index is 999. The fourth-order valence-electron chi connectivity index (χ4n) is 2.23. The van der Waals surface area contributed by atoms with Crippen molar-refractivity contribution in [3.05, 3.63) is 41.6 Å². The zero-order valence-electron chi connectivity index (χ0n) is 14.2. The molecule has 28 heavy (non-hydrogen) atoms. The molecule has 0 spiro atoms. The first kappa shape index (κ1) is 20.2. The molecule has 1 atom stereocenters. The quantitative estimate of drug-likeness (QED) is 0.450. The lowest BCUT2D eigenvalue weighted by Gasteiger charge is -2.15. The molecule has 7 nitrogen and oxygen atoms in total. The highest BCUT2D eigenvalue weighted by molar-refractivity contribution is 7.93. The van der Waals surface area contributed by atoms with Gasteiger partial charge in [-0.2, -0.15) is 9.71 Å². The minimum atomic E-state index is -2.79. The molecule has 0 bridgehead atoms. The highest BCUT2D eigenvalue weighted by Crippen LogP contribution is 2.31. The van der Waals surface area contributed by atoms with Crippen LogP contribution in [0.25, 0.3) is 10.9 Å². The number of methoxy groups -OCH3 is 1. The van der Waals surface area contributed by atoms with Gasteiger partial charge < -0.3 is 14.0 Å². The Hall–Kier alpha value is -2.50. The lowest BCUT2D eigenvalue weighted by Crippen LogP contribution is -2.16. The summed E-state index contributed by atoms with van der Waals surface area (Å²) in [7, 11) is 1.23. The fourth-order valence-corrected chi connectivity index (χ4v) is 3.37. The molecule has 1 unspecified atom stereocenters. The van der Waals surface area contributed by atoms with E-state index < -0.39 is 36.1 Å². The van der Waals surface area contributed by atoms with Crippen LogP contribution < -0.4 is 14.2 Å². The van der Waals surface area contributed by atoms with Crippen molar-refractivity contribution < 1.29 is 27.2 Å². The second-order valence-corrected chi connectivity index (χ2v) is 6.81. The number of nitrogens with zero attached hydrogens (tertiary/aromatic N) is 3. The summed E-state index contributed by atoms with van der Waals surface area (Å²) in [5.41, 5.74) is 0.355. The van der Waals surface area contributed by atoms with Crippen LogP contribution in [0.5, 0.6) is 11.8 Å². The summed E-state index contributed by atoms with van der Waals surface area (Å²) in [6.07, 6.45) is 0.0227. The number of anilines is 1. The highest BCUT2D eigenvalue weighted by Gasteiger charge is 2.22. The number of nitrogens with one attached hydrogen (secondary N) is 1. The van der Waals surface area contributed by atoms with Crippen LogP contribution in [0.1, 0.15) is 0 Å². The SMILES string of the molecule is COc1nc(OCC(F)F)c(F)cc1N[S+]([O-])c1cncc2nc(Cl)ccc12. The molecule has 3 rings (SSSR count). The van der Waals surface area contributed by atoms with E-state index in [2.05, 4.69) is 24.4 Å². The Morgan fingerprint density at radius 2 is 2.04 bits per heavy atom. The number of halogens is 4. The van der Waals surface area contributed by atoms with Crippen LogP contribution in [0, 0.1) is 5.82 Å². The van der Waals surface area contributed by atoms with Gasteiger partial charge in [0.15, 0.2) is 12.4 Å². The average molecular weight is 433 g/mol. The standard InChI is InChI=1S/C16H12ClF3N4O3S/c1-26-16-10(4-9(18)15(23-16)27-7-14(19)20)24-28(25)12-6-21-5-11-8(12)2-3-13(17)22-11/h2-6,14,24H,7H2,1H3. The molecule has 0 saturated carbocycles. The summed E-state index contributed by atoms with van der Waals surface area (Å²) in [4.78, 5) is 12.0. The first-order chi connectivity index (χ1) is 13.4. The molecule has 0 aliphatic heterocycles. The molecule has 0 saturated heterocycles. The Kier molecular flexibility index (Phi) is 6.27. The minimum Gasteiger partial charge on any atom is -0.588 e. The smallest absolute Gasteiger partial charge is 0.272 e. The van der Waals surface area contributed by atoms with Crippen molar-refractivity contribution in [3.8, 4) is 11.8 Å². The van der Waals surface area contributed by atoms with E-state index in [9.17, 15) is 17.7 Å². The third kappa shape index (κ3) is 4.49. The van der Waals surface area contributed by atoms with E-state index >= 15 is 0 Å². The third-order valence-corrected chi connectivity index (χ3v) is 4.74. The minimum absolute atomic E-state index is 0.0679. The van der Waals surface area contributed by atoms with Crippen molar-refractivity contribution in [3.63, 3.8) is 0 Å². The Morgan fingerprint density at radius 1 is 1.25 bits per heavy atom. The van der Waals surface area contributed by atoms with Crippen molar-refractivity contribution in [1.29, 1.82) is 0 Å². The predicted molar refractivity (Wildman–Crippen MR) is 96.8 cm³/mol. The molecule has 3 heterocycles. The summed E-state index contributed by atoms with van der Waals surface area (Å²) in [5.74, 6) is -1.86. The van der Waals surface area contributed by atoms with E-state index in [4.69, 9.17) is 16.3 Å². The molecular weight excluding hydrogens is 421 g/mol. The second-order valence-electron chi connectivity index (χ2n) is 5.24. The lowest BCUT2D eigenvalue weighted by molar-refractivity contribution is 0.0770. The number of alkyl halides is 2. The number of aromatic nitrogens is 3. The number of ether oxygens (including phenoxy) is 2. The summed E-state index contributed by atoms with van der Waals surface area (Å²) < 4.78 is 63.5. The summed E-state index contributed by atoms with van der Waals surface area (Å²) in [6, 6.07) is 4.04. The summed E-state index contributed by atoms with van der Waals surface area (Å²) >= 11 is 3.95. The van der Waals surface area contributed by atoms with E-state index in [0.29, 0.717) is 10.9 Å². The van der Waals surface area contributed by atoms with E-state index in [1.165, 1.54) is 25.6 Å². The highest BCUT2D eigenvalue weighted by atomic mass is 35.5. The van der Waals surface area contributed by atoms with Gasteiger partial charge in [-0.3, -0.25) is 4.98 Å². The summed E-state index contributed by atoms with van der Waals surface area (Å²) in [5, 5.41) is 0.770. The van der Waals surface area contributed by atoms with Gasteiger partial charge in [0, 0.05) is 6.07 Å². The first-order valence-electron chi connectivity index (χ1n) is 7.63. The van der Waals surface area contributed by atoms with Gasteiger partial charge in [-0.25, -0.2) is 18.2 Å². The topological polar surface area (TPSA) is 92.2 Å². The molecule has 0 aliphatic rings. The number of pyridine rings is 3. The van der Waals surface area contributed by atoms with E-state index in [1.807, 2.05) is 0 Å². The number of hydrogen-bond acceptors (Lipinski definition) is 7. The van der Waals surface area contributed by atoms with Crippen LogP contribution in [0.4, 0.5) is 18.9 Å². The molecule has 0 fully saturated rings. The van der Waals surface area contributed by atoms with E-state index in [-0.39, 0.29) is 21.6 Å². The Balaban J connectivity index is 1.90. The fraction of sp³-hybridized carbons (Fsp3) is 0.188. The monoisotopic (exact) mass is 432 g/mol. The van der Waals surface area contributed by atoms with Crippen molar-refractivity contribution in [1.82, 2.24) is 15.0 Å². The first-order valence-corrected chi connectivity index (χ1v) is 9.16. The van der Waals surface area contributed by atoms with Crippen molar-refractivity contribution in [2.45, 2.75) is 11.3 Å². The van der Waals surface area contributed by atoms with Gasteiger partial charge in [0.2, 0.25) is 10.8 Å². The molecule has 3 aromatic heterocycles. The lowest BCUT2D eigenvalue weighted by atomic mass is 10.3. The van der Waals surface area contributed by atoms with Crippen LogP contribution in [-0.4, -0.2) is 39.6 Å². The maximum Gasteiger partial charge on any atom is 0.272 e. The Morgan fingerprint density at radius 3 is 2.75 bits per heavy atom. The zero-order chi connectivity index (χ0) is 20.3. The molecule has 12 heteroatoms. The molecule has 1 N–H and O–H groups in total. The normalized spacial score (nSPS) is 12.2. The van der Waals surface area contributed by atoms with E-state index in [1.54, 1.807) is 6.07 Å². The summed E-state index contributed by atoms with van der Waals surface area (Å²) in [6.45, 7) is -1.02. The number of fused-ring (bicyclic) bond motifs is 1. The second kappa shape index (κ2) is 8.67.